The molecule has 0 spiro atoms. The smallest absolute Gasteiger partial charge is 0.316 e. The van der Waals surface area contributed by atoms with E-state index in [-0.39, 0.29) is 23.6 Å². The average molecular weight is 417 g/mol. The lowest BCUT2D eigenvalue weighted by molar-refractivity contribution is -0.117. The van der Waals surface area contributed by atoms with Crippen molar-refractivity contribution in [2.24, 2.45) is 0 Å². The van der Waals surface area contributed by atoms with Crippen LogP contribution in [0, 0.1) is 0 Å². The summed E-state index contributed by atoms with van der Waals surface area (Å²) in [4.78, 5) is 35.4. The molecule has 0 N–H and O–H groups in total. The van der Waals surface area contributed by atoms with E-state index in [9.17, 15) is 9.59 Å². The van der Waals surface area contributed by atoms with E-state index in [1.165, 1.54) is 0 Å². The number of anilines is 2. The number of hydrogen-bond acceptors (Lipinski definition) is 6. The number of piperazine rings is 1. The molecule has 3 aromatic rings. The SMILES string of the molecule is O=C(c1nc(C2CC(=O)N(c3ccccc3)C2)no1)N1CCN(c2ccccc2)CC1. The first-order valence-corrected chi connectivity index (χ1v) is 10.5. The lowest BCUT2D eigenvalue weighted by Crippen LogP contribution is -2.48. The monoisotopic (exact) mass is 417 g/mol. The number of nitrogens with zero attached hydrogens (tertiary/aromatic N) is 5. The van der Waals surface area contributed by atoms with Crippen molar-refractivity contribution in [1.29, 1.82) is 0 Å². The van der Waals surface area contributed by atoms with Crippen molar-refractivity contribution in [1.82, 2.24) is 15.0 Å². The van der Waals surface area contributed by atoms with Crippen LogP contribution in [0.1, 0.15) is 28.8 Å². The molecule has 31 heavy (non-hydrogen) atoms. The van der Waals surface area contributed by atoms with E-state index < -0.39 is 0 Å². The van der Waals surface area contributed by atoms with Crippen molar-refractivity contribution in [3.8, 4) is 0 Å². The fourth-order valence-corrected chi connectivity index (χ4v) is 4.17. The van der Waals surface area contributed by atoms with Crippen molar-refractivity contribution >= 4 is 23.2 Å². The Morgan fingerprint density at radius 1 is 0.903 bits per heavy atom. The van der Waals surface area contributed by atoms with Crippen molar-refractivity contribution in [3.63, 3.8) is 0 Å². The molecule has 8 nitrogen and oxygen atoms in total. The number of carbonyl (C=O) groups is 2. The second-order valence-electron chi connectivity index (χ2n) is 7.81. The highest BCUT2D eigenvalue weighted by Gasteiger charge is 2.35. The first-order valence-electron chi connectivity index (χ1n) is 10.5. The van der Waals surface area contributed by atoms with Crippen LogP contribution in [0.3, 0.4) is 0 Å². The maximum Gasteiger partial charge on any atom is 0.316 e. The van der Waals surface area contributed by atoms with E-state index in [1.54, 1.807) is 9.80 Å². The average Bonchev–Trinajstić information content (AvgIpc) is 3.47. The van der Waals surface area contributed by atoms with Crippen molar-refractivity contribution in [2.45, 2.75) is 12.3 Å². The number of para-hydroxylation sites is 2. The molecule has 0 saturated carbocycles. The third kappa shape index (κ3) is 3.88. The zero-order valence-electron chi connectivity index (χ0n) is 17.1. The highest BCUT2D eigenvalue weighted by atomic mass is 16.5. The van der Waals surface area contributed by atoms with Crippen LogP contribution in [0.2, 0.25) is 0 Å². The highest BCUT2D eigenvalue weighted by molar-refractivity contribution is 5.96. The molecule has 2 saturated heterocycles. The fraction of sp³-hybridized carbons (Fsp3) is 0.304. The number of carbonyl (C=O) groups excluding carboxylic acids is 2. The maximum atomic E-state index is 12.9. The van der Waals surface area contributed by atoms with Gasteiger partial charge in [0.05, 0.1) is 0 Å². The fourth-order valence-electron chi connectivity index (χ4n) is 4.17. The molecule has 2 aliphatic heterocycles. The molecule has 2 amide bonds. The highest BCUT2D eigenvalue weighted by Crippen LogP contribution is 2.30. The van der Waals surface area contributed by atoms with E-state index in [0.717, 1.165) is 24.5 Å². The van der Waals surface area contributed by atoms with Gasteiger partial charge >= 0.3 is 11.8 Å². The minimum atomic E-state index is -0.254. The second kappa shape index (κ2) is 8.22. The Morgan fingerprint density at radius 3 is 2.23 bits per heavy atom. The topological polar surface area (TPSA) is 82.8 Å². The van der Waals surface area contributed by atoms with Gasteiger partial charge in [-0.05, 0) is 24.3 Å². The van der Waals surface area contributed by atoms with Gasteiger partial charge < -0.3 is 19.2 Å². The van der Waals surface area contributed by atoms with Crippen LogP contribution in [0.25, 0.3) is 0 Å². The lowest BCUT2D eigenvalue weighted by Gasteiger charge is -2.35. The van der Waals surface area contributed by atoms with Crippen LogP contribution in [0.5, 0.6) is 0 Å². The third-order valence-corrected chi connectivity index (χ3v) is 5.87. The second-order valence-corrected chi connectivity index (χ2v) is 7.81. The van der Waals surface area contributed by atoms with Gasteiger partial charge in [-0.25, -0.2) is 0 Å². The largest absolute Gasteiger partial charge is 0.368 e. The molecule has 2 fully saturated rings. The molecule has 158 valence electrons. The molecule has 3 heterocycles. The minimum absolute atomic E-state index is 0.00577. The molecule has 2 aliphatic rings. The Bertz CT molecular complexity index is 1060. The summed E-state index contributed by atoms with van der Waals surface area (Å²) in [7, 11) is 0. The molecule has 1 unspecified atom stereocenters. The first-order chi connectivity index (χ1) is 15.2. The van der Waals surface area contributed by atoms with Crippen LogP contribution in [0.4, 0.5) is 11.4 Å². The van der Waals surface area contributed by atoms with Gasteiger partial charge in [0.15, 0.2) is 5.82 Å². The zero-order valence-corrected chi connectivity index (χ0v) is 17.1. The van der Waals surface area contributed by atoms with E-state index in [4.69, 9.17) is 4.52 Å². The van der Waals surface area contributed by atoms with Crippen LogP contribution in [0.15, 0.2) is 65.2 Å². The van der Waals surface area contributed by atoms with Gasteiger partial charge in [0.25, 0.3) is 0 Å². The number of amides is 2. The first kappa shape index (κ1) is 19.3. The normalized spacial score (nSPS) is 19.2. The molecule has 5 rings (SSSR count). The van der Waals surface area contributed by atoms with Gasteiger partial charge in [0.2, 0.25) is 5.91 Å². The standard InChI is InChI=1S/C23H23N5O3/c29-20-15-17(16-28(20)19-9-5-2-6-10-19)21-24-22(31-25-21)23(30)27-13-11-26(12-14-27)18-7-3-1-4-8-18/h1-10,17H,11-16H2. The minimum Gasteiger partial charge on any atom is -0.368 e. The molecule has 0 bridgehead atoms. The summed E-state index contributed by atoms with van der Waals surface area (Å²) in [6, 6.07) is 19.7. The molecule has 8 heteroatoms. The number of benzene rings is 2. The van der Waals surface area contributed by atoms with E-state index in [2.05, 4.69) is 27.2 Å². The van der Waals surface area contributed by atoms with Crippen LogP contribution >= 0.6 is 0 Å². The molecule has 1 aromatic heterocycles. The Kier molecular flexibility index (Phi) is 5.11. The molecule has 2 aromatic carbocycles. The van der Waals surface area contributed by atoms with Gasteiger partial charge in [-0.2, -0.15) is 4.98 Å². The Balaban J connectivity index is 1.22. The summed E-state index contributed by atoms with van der Waals surface area (Å²) in [5.74, 6) is -0.0126. The van der Waals surface area contributed by atoms with E-state index >= 15 is 0 Å². The quantitative estimate of drug-likeness (QED) is 0.649. The zero-order chi connectivity index (χ0) is 21.2. The predicted molar refractivity (Wildman–Crippen MR) is 115 cm³/mol. The third-order valence-electron chi connectivity index (χ3n) is 5.87. The lowest BCUT2D eigenvalue weighted by atomic mass is 10.1. The van der Waals surface area contributed by atoms with Crippen molar-refractivity contribution in [2.75, 3.05) is 42.5 Å². The number of hydrogen-bond donors (Lipinski definition) is 0. The van der Waals surface area contributed by atoms with Gasteiger partial charge in [0, 0.05) is 56.4 Å². The summed E-state index contributed by atoms with van der Waals surface area (Å²) >= 11 is 0. The summed E-state index contributed by atoms with van der Waals surface area (Å²) < 4.78 is 5.28. The molecule has 0 aliphatic carbocycles. The molecular weight excluding hydrogens is 394 g/mol. The number of aromatic nitrogens is 2. The molecule has 0 radical (unpaired) electrons. The van der Waals surface area contributed by atoms with Crippen LogP contribution in [-0.2, 0) is 4.79 Å². The van der Waals surface area contributed by atoms with Crippen molar-refractivity contribution < 1.29 is 14.1 Å². The van der Waals surface area contributed by atoms with Crippen molar-refractivity contribution in [3.05, 3.63) is 72.4 Å². The van der Waals surface area contributed by atoms with Crippen LogP contribution in [-0.4, -0.2) is 59.6 Å². The Labute approximate surface area is 180 Å². The molecular formula is C23H23N5O3. The predicted octanol–water partition coefficient (Wildman–Crippen LogP) is 2.55. The van der Waals surface area contributed by atoms with E-state index in [0.29, 0.717) is 31.9 Å². The van der Waals surface area contributed by atoms with Gasteiger partial charge in [-0.3, -0.25) is 9.59 Å². The Morgan fingerprint density at radius 2 is 1.55 bits per heavy atom. The van der Waals surface area contributed by atoms with Gasteiger partial charge in [-0.15, -0.1) is 0 Å². The summed E-state index contributed by atoms with van der Waals surface area (Å²) in [6.45, 7) is 3.16. The maximum absolute atomic E-state index is 12.9. The van der Waals surface area contributed by atoms with Gasteiger partial charge in [-0.1, -0.05) is 41.6 Å². The summed E-state index contributed by atoms with van der Waals surface area (Å²) in [6.07, 6.45) is 0.303. The van der Waals surface area contributed by atoms with E-state index in [1.807, 2.05) is 48.5 Å². The van der Waals surface area contributed by atoms with Gasteiger partial charge in [0.1, 0.15) is 0 Å². The number of rotatable bonds is 4. The summed E-state index contributed by atoms with van der Waals surface area (Å²) in [5.41, 5.74) is 2.01. The summed E-state index contributed by atoms with van der Waals surface area (Å²) in [5, 5.41) is 4.02. The van der Waals surface area contributed by atoms with Crippen LogP contribution < -0.4 is 9.80 Å². The Hall–Kier alpha value is -3.68. The molecule has 1 atom stereocenters.